The third-order valence-corrected chi connectivity index (χ3v) is 11.5. The molecule has 4 aromatic carbocycles. The van der Waals surface area contributed by atoms with E-state index in [0.717, 1.165) is 24.6 Å². The highest BCUT2D eigenvalue weighted by Crippen LogP contribution is 2.31. The van der Waals surface area contributed by atoms with Gasteiger partial charge >= 0.3 is 0 Å². The van der Waals surface area contributed by atoms with E-state index in [4.69, 9.17) is 9.47 Å². The van der Waals surface area contributed by atoms with Gasteiger partial charge in [-0.1, -0.05) is 120 Å². The molecule has 1 atom stereocenters. The van der Waals surface area contributed by atoms with E-state index in [1.807, 2.05) is 24.3 Å². The average Bonchev–Trinajstić information content (AvgIpc) is 2.93. The molecule has 5 rings (SSSR count). The van der Waals surface area contributed by atoms with Gasteiger partial charge in [0.05, 0.1) is 13.2 Å². The highest BCUT2D eigenvalue weighted by Gasteiger charge is 2.41. The SMILES string of the molecule is C1=C(CCOCc2ccccc2)CC(Oc2ccccc2)C[Si]1(c1ccccc1)c1ccccc1. The minimum Gasteiger partial charge on any atom is -0.490 e. The van der Waals surface area contributed by atoms with Gasteiger partial charge in [-0.25, -0.2) is 0 Å². The monoisotopic (exact) mass is 476 g/mol. The largest absolute Gasteiger partial charge is 0.490 e. The second-order valence-electron chi connectivity index (χ2n) is 9.26. The van der Waals surface area contributed by atoms with E-state index in [9.17, 15) is 0 Å². The van der Waals surface area contributed by atoms with Crippen molar-refractivity contribution in [2.24, 2.45) is 0 Å². The Balaban J connectivity index is 1.44. The highest BCUT2D eigenvalue weighted by atomic mass is 28.3. The Hall–Kier alpha value is -3.40. The molecular weight excluding hydrogens is 444 g/mol. The molecule has 0 saturated carbocycles. The molecule has 0 radical (unpaired) electrons. The van der Waals surface area contributed by atoms with Crippen molar-refractivity contribution in [3.63, 3.8) is 0 Å². The van der Waals surface area contributed by atoms with Crippen LogP contribution < -0.4 is 15.1 Å². The number of hydrogen-bond donors (Lipinski definition) is 0. The molecule has 3 heteroatoms. The first-order chi connectivity index (χ1) is 17.3. The van der Waals surface area contributed by atoms with Gasteiger partial charge in [-0.2, -0.15) is 0 Å². The van der Waals surface area contributed by atoms with Crippen LogP contribution in [0.15, 0.2) is 133 Å². The van der Waals surface area contributed by atoms with Crippen LogP contribution in [0.4, 0.5) is 0 Å². The first-order valence-corrected chi connectivity index (χ1v) is 14.8. The van der Waals surface area contributed by atoms with Crippen molar-refractivity contribution < 1.29 is 9.47 Å². The summed E-state index contributed by atoms with van der Waals surface area (Å²) < 4.78 is 12.7. The summed E-state index contributed by atoms with van der Waals surface area (Å²) in [7, 11) is -2.18. The van der Waals surface area contributed by atoms with Crippen LogP contribution in [0.5, 0.6) is 5.75 Å². The van der Waals surface area contributed by atoms with Crippen molar-refractivity contribution in [1.29, 1.82) is 0 Å². The second kappa shape index (κ2) is 11.3. The van der Waals surface area contributed by atoms with Crippen LogP contribution in [-0.4, -0.2) is 20.8 Å². The number of benzene rings is 4. The van der Waals surface area contributed by atoms with Gasteiger partial charge < -0.3 is 9.47 Å². The summed E-state index contributed by atoms with van der Waals surface area (Å²) in [6.45, 7) is 1.37. The fourth-order valence-electron chi connectivity index (χ4n) is 5.15. The highest BCUT2D eigenvalue weighted by molar-refractivity contribution is 7.06. The predicted molar refractivity (Wildman–Crippen MR) is 147 cm³/mol. The van der Waals surface area contributed by atoms with E-state index in [-0.39, 0.29) is 6.10 Å². The van der Waals surface area contributed by atoms with Crippen LogP contribution in [0.2, 0.25) is 6.04 Å². The Morgan fingerprint density at radius 1 is 0.657 bits per heavy atom. The van der Waals surface area contributed by atoms with Crippen LogP contribution >= 0.6 is 0 Å². The van der Waals surface area contributed by atoms with Gasteiger partial charge in [0, 0.05) is 6.42 Å². The molecule has 0 saturated heterocycles. The molecule has 176 valence electrons. The van der Waals surface area contributed by atoms with Gasteiger partial charge in [0.2, 0.25) is 0 Å². The Morgan fingerprint density at radius 3 is 1.80 bits per heavy atom. The zero-order valence-corrected chi connectivity index (χ0v) is 21.1. The van der Waals surface area contributed by atoms with Crippen molar-refractivity contribution in [2.45, 2.75) is 31.6 Å². The zero-order valence-electron chi connectivity index (χ0n) is 20.1. The predicted octanol–water partition coefficient (Wildman–Crippen LogP) is 6.17. The molecule has 35 heavy (non-hydrogen) atoms. The molecule has 0 amide bonds. The number of hydrogen-bond acceptors (Lipinski definition) is 2. The first kappa shape index (κ1) is 23.3. The Labute approximate surface area is 209 Å². The Morgan fingerprint density at radius 2 is 1.20 bits per heavy atom. The van der Waals surface area contributed by atoms with Gasteiger partial charge in [0.1, 0.15) is 19.9 Å². The van der Waals surface area contributed by atoms with Crippen molar-refractivity contribution in [3.05, 3.63) is 138 Å². The maximum Gasteiger partial charge on any atom is 0.144 e. The molecule has 0 bridgehead atoms. The van der Waals surface area contributed by atoms with Crippen LogP contribution in [-0.2, 0) is 11.3 Å². The first-order valence-electron chi connectivity index (χ1n) is 12.5. The molecule has 1 heterocycles. The molecule has 0 aliphatic carbocycles. The van der Waals surface area contributed by atoms with Crippen molar-refractivity contribution in [3.8, 4) is 5.75 Å². The molecule has 1 aliphatic heterocycles. The van der Waals surface area contributed by atoms with Crippen molar-refractivity contribution in [2.75, 3.05) is 6.61 Å². The smallest absolute Gasteiger partial charge is 0.144 e. The van der Waals surface area contributed by atoms with E-state index >= 15 is 0 Å². The van der Waals surface area contributed by atoms with Crippen molar-refractivity contribution in [1.82, 2.24) is 0 Å². The van der Waals surface area contributed by atoms with Crippen molar-refractivity contribution >= 4 is 18.4 Å². The number of para-hydroxylation sites is 1. The van der Waals surface area contributed by atoms with Gasteiger partial charge in [-0.05, 0) is 40.5 Å². The minimum absolute atomic E-state index is 0.138. The van der Waals surface area contributed by atoms with E-state index < -0.39 is 8.07 Å². The van der Waals surface area contributed by atoms with Gasteiger partial charge in [-0.15, -0.1) is 0 Å². The zero-order chi connectivity index (χ0) is 23.8. The lowest BCUT2D eigenvalue weighted by Gasteiger charge is -2.38. The third kappa shape index (κ3) is 5.81. The summed E-state index contributed by atoms with van der Waals surface area (Å²) in [6.07, 6.45) is 2.01. The summed E-state index contributed by atoms with van der Waals surface area (Å²) in [6, 6.07) is 43.8. The summed E-state index contributed by atoms with van der Waals surface area (Å²) in [5.74, 6) is 0.947. The normalized spacial score (nSPS) is 16.9. The van der Waals surface area contributed by atoms with E-state index in [0.29, 0.717) is 13.2 Å². The fraction of sp³-hybridized carbons (Fsp3) is 0.188. The van der Waals surface area contributed by atoms with E-state index in [2.05, 4.69) is 103 Å². The molecule has 4 aromatic rings. The summed E-state index contributed by atoms with van der Waals surface area (Å²) in [5.41, 5.74) is 5.30. The quantitative estimate of drug-likeness (QED) is 0.212. The summed E-state index contributed by atoms with van der Waals surface area (Å²) in [5, 5.41) is 2.88. The van der Waals surface area contributed by atoms with Gasteiger partial charge in [0.15, 0.2) is 0 Å². The lowest BCUT2D eigenvalue weighted by Crippen LogP contribution is -2.60. The van der Waals surface area contributed by atoms with Crippen LogP contribution in [0, 0.1) is 0 Å². The minimum atomic E-state index is -2.18. The number of ether oxygens (including phenoxy) is 2. The molecule has 0 fully saturated rings. The number of rotatable bonds is 9. The summed E-state index contributed by atoms with van der Waals surface area (Å²) in [4.78, 5) is 0. The maximum absolute atomic E-state index is 6.61. The molecular formula is C32H32O2Si. The summed E-state index contributed by atoms with van der Waals surface area (Å²) >= 11 is 0. The third-order valence-electron chi connectivity index (χ3n) is 6.79. The molecule has 0 N–H and O–H groups in total. The van der Waals surface area contributed by atoms with E-state index in [1.54, 1.807) is 0 Å². The standard InChI is InChI=1S/C32H32O2Si/c1-5-13-27(14-6-1)24-33-22-21-28-23-30(34-29-15-7-2-8-16-29)26-35(25-28,31-17-9-3-10-18-31)32-19-11-4-12-20-32/h1-20,25,30H,21-24,26H2. The second-order valence-corrected chi connectivity index (χ2v) is 13.0. The average molecular weight is 477 g/mol. The van der Waals surface area contributed by atoms with Crippen LogP contribution in [0.25, 0.3) is 0 Å². The lowest BCUT2D eigenvalue weighted by atomic mass is 10.1. The van der Waals surface area contributed by atoms with Gasteiger partial charge in [0.25, 0.3) is 0 Å². The molecule has 0 aromatic heterocycles. The molecule has 0 spiro atoms. The molecule has 1 aliphatic rings. The molecule has 2 nitrogen and oxygen atoms in total. The Kier molecular flexibility index (Phi) is 7.57. The van der Waals surface area contributed by atoms with Gasteiger partial charge in [-0.3, -0.25) is 0 Å². The van der Waals surface area contributed by atoms with Crippen LogP contribution in [0.3, 0.4) is 0 Å². The molecule has 1 unspecified atom stereocenters. The fourth-order valence-corrected chi connectivity index (χ4v) is 9.88. The maximum atomic E-state index is 6.61. The van der Waals surface area contributed by atoms with E-state index in [1.165, 1.54) is 21.5 Å². The Bertz CT molecular complexity index is 1170. The van der Waals surface area contributed by atoms with Crippen LogP contribution in [0.1, 0.15) is 18.4 Å². The topological polar surface area (TPSA) is 18.5 Å². The lowest BCUT2D eigenvalue weighted by molar-refractivity contribution is 0.121.